The number of para-hydroxylation sites is 1. The van der Waals surface area contributed by atoms with Gasteiger partial charge in [-0.15, -0.1) is 0 Å². The smallest absolute Gasteiger partial charge is 0.344 e. The summed E-state index contributed by atoms with van der Waals surface area (Å²) >= 11 is 6.06. The molecule has 4 aromatic carbocycles. The molecule has 0 aliphatic heterocycles. The van der Waals surface area contributed by atoms with Crippen LogP contribution in [0.3, 0.4) is 0 Å². The minimum Gasteiger partial charge on any atom is -0.482 e. The number of ether oxygens (including phenoxy) is 2. The highest BCUT2D eigenvalue weighted by molar-refractivity contribution is 7.92. The number of rotatable bonds is 11. The van der Waals surface area contributed by atoms with Crippen LogP contribution < -0.4 is 14.5 Å². The molecule has 0 aromatic heterocycles. The van der Waals surface area contributed by atoms with Crippen LogP contribution in [-0.4, -0.2) is 38.7 Å². The molecule has 0 atom stereocenters. The zero-order valence-electron chi connectivity index (χ0n) is 25.4. The fraction of sp³-hybridized carbons (Fsp3) is 0.206. The second-order valence-electron chi connectivity index (χ2n) is 11.1. The molecule has 0 bridgehead atoms. The number of carbonyl (C=O) groups is 2. The van der Waals surface area contributed by atoms with E-state index < -0.39 is 27.5 Å². The first-order chi connectivity index (χ1) is 21.3. The molecular weight excluding hydrogens is 614 g/mol. The number of halogens is 1. The van der Waals surface area contributed by atoms with E-state index in [9.17, 15) is 18.0 Å². The third-order valence-electron chi connectivity index (χ3n) is 6.30. The molecule has 0 saturated heterocycles. The van der Waals surface area contributed by atoms with E-state index in [-0.39, 0.29) is 29.3 Å². The van der Waals surface area contributed by atoms with Gasteiger partial charge in [0.2, 0.25) is 0 Å². The van der Waals surface area contributed by atoms with Crippen LogP contribution in [-0.2, 0) is 26.1 Å². The molecule has 11 heteroatoms. The van der Waals surface area contributed by atoms with E-state index in [0.29, 0.717) is 21.9 Å². The Balaban J connectivity index is 1.52. The highest BCUT2D eigenvalue weighted by atomic mass is 35.5. The van der Waals surface area contributed by atoms with Gasteiger partial charge in [0, 0.05) is 5.02 Å². The van der Waals surface area contributed by atoms with Gasteiger partial charge in [0.1, 0.15) is 11.4 Å². The molecule has 0 unspecified atom stereocenters. The van der Waals surface area contributed by atoms with E-state index in [1.54, 1.807) is 112 Å². The lowest BCUT2D eigenvalue weighted by atomic mass is 10.1. The second kappa shape index (κ2) is 14.4. The Morgan fingerprint density at radius 1 is 0.911 bits per heavy atom. The molecule has 234 valence electrons. The SMILES string of the molecule is Cc1ccc(S(=O)(=O)N(Cc2ccc(Cl)cc2)c2ccccc2C(=O)N/N=C/c2ccc(OCC(=O)OC(C)(C)C)cc2)cc1. The van der Waals surface area contributed by atoms with Crippen molar-refractivity contribution in [3.63, 3.8) is 0 Å². The summed E-state index contributed by atoms with van der Waals surface area (Å²) in [7, 11) is -4.08. The number of amides is 1. The molecule has 0 aliphatic carbocycles. The van der Waals surface area contributed by atoms with Gasteiger partial charge < -0.3 is 9.47 Å². The maximum Gasteiger partial charge on any atom is 0.344 e. The average Bonchev–Trinajstić information content (AvgIpc) is 2.99. The summed E-state index contributed by atoms with van der Waals surface area (Å²) in [5.41, 5.74) is 4.44. The lowest BCUT2D eigenvalue weighted by molar-refractivity contribution is -0.157. The van der Waals surface area contributed by atoms with Crippen molar-refractivity contribution in [2.45, 2.75) is 44.7 Å². The number of nitrogens with zero attached hydrogens (tertiary/aromatic N) is 2. The fourth-order valence-electron chi connectivity index (χ4n) is 4.16. The number of sulfonamides is 1. The van der Waals surface area contributed by atoms with Crippen molar-refractivity contribution in [1.29, 1.82) is 0 Å². The minimum absolute atomic E-state index is 0.0384. The van der Waals surface area contributed by atoms with Crippen molar-refractivity contribution in [3.8, 4) is 5.75 Å². The van der Waals surface area contributed by atoms with Crippen molar-refractivity contribution in [1.82, 2.24) is 5.43 Å². The Labute approximate surface area is 268 Å². The first kappa shape index (κ1) is 33.2. The van der Waals surface area contributed by atoms with Gasteiger partial charge in [-0.25, -0.2) is 18.6 Å². The van der Waals surface area contributed by atoms with Gasteiger partial charge in [-0.2, -0.15) is 5.10 Å². The van der Waals surface area contributed by atoms with E-state index in [1.807, 2.05) is 6.92 Å². The highest BCUT2D eigenvalue weighted by Gasteiger charge is 2.28. The molecule has 0 heterocycles. The highest BCUT2D eigenvalue weighted by Crippen LogP contribution is 2.30. The molecular formula is C34H34ClN3O6S. The number of hydrazone groups is 1. The summed E-state index contributed by atoms with van der Waals surface area (Å²) in [5, 5.41) is 4.58. The fourth-order valence-corrected chi connectivity index (χ4v) is 5.76. The zero-order valence-corrected chi connectivity index (χ0v) is 26.9. The maximum absolute atomic E-state index is 14.0. The lowest BCUT2D eigenvalue weighted by Gasteiger charge is -2.26. The Kier molecular flexibility index (Phi) is 10.6. The van der Waals surface area contributed by atoms with Crippen molar-refractivity contribution >= 4 is 45.4 Å². The minimum atomic E-state index is -4.08. The normalized spacial score (nSPS) is 11.7. The van der Waals surface area contributed by atoms with Gasteiger partial charge in [-0.1, -0.05) is 53.6 Å². The standard InChI is InChI=1S/C34H34ClN3O6S/c1-24-9-19-29(20-10-24)45(41,42)38(22-26-11-15-27(35)16-12-26)31-8-6-5-7-30(31)33(40)37-36-21-25-13-17-28(18-14-25)43-23-32(39)44-34(2,3)4/h5-21H,22-23H2,1-4H3,(H,37,40)/b36-21+. The molecule has 0 aliphatic rings. The third kappa shape index (κ3) is 9.41. The number of hydrogen-bond donors (Lipinski definition) is 1. The van der Waals surface area contributed by atoms with Crippen LogP contribution in [0, 0.1) is 6.92 Å². The monoisotopic (exact) mass is 647 g/mol. The van der Waals surface area contributed by atoms with E-state index in [4.69, 9.17) is 21.1 Å². The quantitative estimate of drug-likeness (QED) is 0.113. The summed E-state index contributed by atoms with van der Waals surface area (Å²) in [5.74, 6) is -0.611. The van der Waals surface area contributed by atoms with Gasteiger partial charge in [-0.05, 0) is 99.5 Å². The van der Waals surface area contributed by atoms with Crippen LogP contribution in [0.25, 0.3) is 0 Å². The lowest BCUT2D eigenvalue weighted by Crippen LogP contribution is -2.33. The number of hydrogen-bond acceptors (Lipinski definition) is 7. The van der Waals surface area contributed by atoms with E-state index >= 15 is 0 Å². The topological polar surface area (TPSA) is 114 Å². The molecule has 45 heavy (non-hydrogen) atoms. The Morgan fingerprint density at radius 2 is 1.56 bits per heavy atom. The predicted molar refractivity (Wildman–Crippen MR) is 175 cm³/mol. The van der Waals surface area contributed by atoms with Crippen LogP contribution in [0.2, 0.25) is 5.02 Å². The number of anilines is 1. The molecule has 0 radical (unpaired) electrons. The number of nitrogens with one attached hydrogen (secondary N) is 1. The average molecular weight is 648 g/mol. The summed E-state index contributed by atoms with van der Waals surface area (Å²) < 4.78 is 39.8. The van der Waals surface area contributed by atoms with Crippen LogP contribution in [0.4, 0.5) is 5.69 Å². The van der Waals surface area contributed by atoms with Crippen LogP contribution in [0.5, 0.6) is 5.75 Å². The summed E-state index contributed by atoms with van der Waals surface area (Å²) in [6.45, 7) is 6.94. The number of benzene rings is 4. The zero-order chi connectivity index (χ0) is 32.6. The van der Waals surface area contributed by atoms with Crippen molar-refractivity contribution in [3.05, 3.63) is 124 Å². The summed E-state index contributed by atoms with van der Waals surface area (Å²) in [6.07, 6.45) is 1.44. The Hall–Kier alpha value is -4.67. The van der Waals surface area contributed by atoms with Crippen LogP contribution in [0.1, 0.15) is 47.8 Å². The molecule has 1 amide bonds. The van der Waals surface area contributed by atoms with Gasteiger partial charge in [0.05, 0.1) is 28.9 Å². The van der Waals surface area contributed by atoms with Gasteiger partial charge in [0.15, 0.2) is 6.61 Å². The van der Waals surface area contributed by atoms with Crippen LogP contribution in [0.15, 0.2) is 107 Å². The van der Waals surface area contributed by atoms with Gasteiger partial charge in [-0.3, -0.25) is 9.10 Å². The molecule has 9 nitrogen and oxygen atoms in total. The van der Waals surface area contributed by atoms with Crippen molar-refractivity contribution in [2.24, 2.45) is 5.10 Å². The van der Waals surface area contributed by atoms with Crippen molar-refractivity contribution < 1.29 is 27.5 Å². The number of aryl methyl sites for hydroxylation is 1. The van der Waals surface area contributed by atoms with Crippen LogP contribution >= 0.6 is 11.6 Å². The predicted octanol–water partition coefficient (Wildman–Crippen LogP) is 6.53. The second-order valence-corrected chi connectivity index (χ2v) is 13.4. The summed E-state index contributed by atoms with van der Waals surface area (Å²) in [6, 6.07) is 26.5. The van der Waals surface area contributed by atoms with E-state index in [2.05, 4.69) is 10.5 Å². The van der Waals surface area contributed by atoms with Gasteiger partial charge in [0.25, 0.3) is 15.9 Å². The summed E-state index contributed by atoms with van der Waals surface area (Å²) in [4.78, 5) is 25.3. The number of carbonyl (C=O) groups excluding carboxylic acids is 2. The van der Waals surface area contributed by atoms with Gasteiger partial charge >= 0.3 is 5.97 Å². The first-order valence-electron chi connectivity index (χ1n) is 14.0. The molecule has 4 aromatic rings. The molecule has 0 saturated carbocycles. The maximum atomic E-state index is 14.0. The first-order valence-corrected chi connectivity index (χ1v) is 15.8. The Morgan fingerprint density at radius 3 is 2.20 bits per heavy atom. The van der Waals surface area contributed by atoms with Crippen molar-refractivity contribution in [2.75, 3.05) is 10.9 Å². The number of esters is 1. The third-order valence-corrected chi connectivity index (χ3v) is 8.33. The van der Waals surface area contributed by atoms with E-state index in [0.717, 1.165) is 5.56 Å². The molecule has 1 N–H and O–H groups in total. The van der Waals surface area contributed by atoms with E-state index in [1.165, 1.54) is 16.6 Å². The Bertz CT molecular complexity index is 1770. The largest absolute Gasteiger partial charge is 0.482 e. The molecule has 0 fully saturated rings. The molecule has 0 spiro atoms. The molecule has 4 rings (SSSR count).